The summed E-state index contributed by atoms with van der Waals surface area (Å²) >= 11 is 0. The van der Waals surface area contributed by atoms with Crippen molar-refractivity contribution in [3.05, 3.63) is 0 Å². The minimum absolute atomic E-state index is 0.00570. The standard InChI is InChI=1S/C25H43NO4Si/c1-16-14-24-12-10-9-11-17(21(24)29-31(7,8)22(2,3)4)13-18(15-26)19(27)25(24)20(16)28-23(5,6)30-25/h16-21,27H,9-14H2,1-8H3/t16-,17?,18-,19-,20+,21?,24?,25+/m1/s1. The molecule has 0 aromatic heterocycles. The van der Waals surface area contributed by atoms with Gasteiger partial charge in [0, 0.05) is 5.41 Å². The Morgan fingerprint density at radius 3 is 2.48 bits per heavy atom. The highest BCUT2D eigenvalue weighted by molar-refractivity contribution is 6.74. The third-order valence-electron chi connectivity index (χ3n) is 9.42. The van der Waals surface area contributed by atoms with E-state index < -0.39 is 31.7 Å². The van der Waals surface area contributed by atoms with E-state index in [1.54, 1.807) is 0 Å². The number of nitrogens with zero attached hydrogens (tertiary/aromatic N) is 1. The first kappa shape index (κ1) is 23.7. The molecule has 0 aromatic carbocycles. The average Bonchev–Trinajstić information content (AvgIpc) is 2.96. The Hall–Kier alpha value is -0.453. The van der Waals surface area contributed by atoms with Gasteiger partial charge in [0.2, 0.25) is 0 Å². The van der Waals surface area contributed by atoms with E-state index in [2.05, 4.69) is 46.9 Å². The van der Waals surface area contributed by atoms with E-state index in [-0.39, 0.29) is 34.5 Å². The minimum Gasteiger partial charge on any atom is -0.413 e. The molecule has 3 saturated carbocycles. The van der Waals surface area contributed by atoms with Gasteiger partial charge >= 0.3 is 0 Å². The topological polar surface area (TPSA) is 71.7 Å². The fourth-order valence-corrected chi connectivity index (χ4v) is 8.63. The zero-order valence-electron chi connectivity index (χ0n) is 20.8. The van der Waals surface area contributed by atoms with Crippen molar-refractivity contribution in [3.63, 3.8) is 0 Å². The number of fused-ring (bicyclic) bond motifs is 1. The summed E-state index contributed by atoms with van der Waals surface area (Å²) in [6.07, 6.45) is 4.83. The van der Waals surface area contributed by atoms with Crippen LogP contribution in [0.1, 0.15) is 80.1 Å². The van der Waals surface area contributed by atoms with E-state index in [1.807, 2.05) is 13.8 Å². The van der Waals surface area contributed by atoms with E-state index in [1.165, 1.54) is 0 Å². The van der Waals surface area contributed by atoms with E-state index in [9.17, 15) is 10.4 Å². The number of aliphatic hydroxyl groups is 1. The summed E-state index contributed by atoms with van der Waals surface area (Å²) in [4.78, 5) is 0. The molecular formula is C25H43NO4Si. The molecule has 8 atom stereocenters. The summed E-state index contributed by atoms with van der Waals surface area (Å²) in [7, 11) is -2.09. The van der Waals surface area contributed by atoms with Gasteiger partial charge in [-0.1, -0.05) is 40.5 Å². The van der Waals surface area contributed by atoms with Crippen LogP contribution in [0.2, 0.25) is 18.1 Å². The molecule has 4 fully saturated rings. The number of nitriles is 1. The lowest BCUT2D eigenvalue weighted by molar-refractivity contribution is -0.241. The fraction of sp³-hybridized carbons (Fsp3) is 0.960. The van der Waals surface area contributed by atoms with E-state index in [0.717, 1.165) is 32.1 Å². The van der Waals surface area contributed by atoms with E-state index >= 15 is 0 Å². The van der Waals surface area contributed by atoms with Crippen LogP contribution in [0.3, 0.4) is 0 Å². The number of ether oxygens (including phenoxy) is 2. The van der Waals surface area contributed by atoms with Crippen LogP contribution in [-0.4, -0.2) is 43.1 Å². The molecule has 1 N–H and O–H groups in total. The molecule has 0 amide bonds. The smallest absolute Gasteiger partial charge is 0.192 e. The van der Waals surface area contributed by atoms with Gasteiger partial charge in [-0.25, -0.2) is 0 Å². The predicted molar refractivity (Wildman–Crippen MR) is 123 cm³/mol. The zero-order valence-corrected chi connectivity index (χ0v) is 21.8. The normalized spacial score (nSPS) is 47.1. The van der Waals surface area contributed by atoms with Crippen LogP contribution in [0.5, 0.6) is 0 Å². The molecule has 0 aromatic rings. The maximum Gasteiger partial charge on any atom is 0.192 e. The molecule has 3 unspecified atom stereocenters. The molecule has 1 heterocycles. The Morgan fingerprint density at radius 1 is 1.19 bits per heavy atom. The first-order chi connectivity index (χ1) is 14.2. The van der Waals surface area contributed by atoms with Crippen LogP contribution in [0.15, 0.2) is 0 Å². The van der Waals surface area contributed by atoms with Gasteiger partial charge in [-0.3, -0.25) is 0 Å². The maximum absolute atomic E-state index is 11.9. The number of aliphatic hydroxyl groups excluding tert-OH is 1. The van der Waals surface area contributed by atoms with Gasteiger partial charge < -0.3 is 19.0 Å². The Balaban J connectivity index is 1.93. The van der Waals surface area contributed by atoms with E-state index in [0.29, 0.717) is 6.42 Å². The van der Waals surface area contributed by atoms with Crippen molar-refractivity contribution in [2.24, 2.45) is 23.2 Å². The predicted octanol–water partition coefficient (Wildman–Crippen LogP) is 5.39. The first-order valence-electron chi connectivity index (χ1n) is 12.3. The largest absolute Gasteiger partial charge is 0.413 e. The van der Waals surface area contributed by atoms with E-state index in [4.69, 9.17) is 13.9 Å². The van der Waals surface area contributed by atoms with Crippen LogP contribution >= 0.6 is 0 Å². The molecule has 176 valence electrons. The third kappa shape index (κ3) is 3.29. The van der Waals surface area contributed by atoms with Gasteiger partial charge in [0.25, 0.3) is 0 Å². The molecule has 2 bridgehead atoms. The van der Waals surface area contributed by atoms with Crippen molar-refractivity contribution in [1.29, 1.82) is 5.26 Å². The Morgan fingerprint density at radius 2 is 1.87 bits per heavy atom. The van der Waals surface area contributed by atoms with Crippen molar-refractivity contribution in [1.82, 2.24) is 0 Å². The zero-order chi connectivity index (χ0) is 23.0. The number of rotatable bonds is 2. The lowest BCUT2D eigenvalue weighted by atomic mass is 9.64. The summed E-state index contributed by atoms with van der Waals surface area (Å²) in [5.74, 6) is -0.714. The summed E-state index contributed by atoms with van der Waals surface area (Å²) in [5.41, 5.74) is -1.21. The van der Waals surface area contributed by atoms with Crippen LogP contribution in [0, 0.1) is 34.5 Å². The number of hydrogen-bond donors (Lipinski definition) is 1. The van der Waals surface area contributed by atoms with Gasteiger partial charge in [-0.15, -0.1) is 0 Å². The van der Waals surface area contributed by atoms with Crippen molar-refractivity contribution >= 4 is 8.32 Å². The maximum atomic E-state index is 11.9. The highest BCUT2D eigenvalue weighted by Gasteiger charge is 2.78. The molecule has 5 nitrogen and oxygen atoms in total. The summed E-state index contributed by atoms with van der Waals surface area (Å²) in [6, 6.07) is 2.47. The molecule has 2 spiro atoms. The van der Waals surface area contributed by atoms with Crippen LogP contribution in [-0.2, 0) is 13.9 Å². The lowest BCUT2D eigenvalue weighted by Gasteiger charge is -2.53. The average molecular weight is 450 g/mol. The highest BCUT2D eigenvalue weighted by Crippen LogP contribution is 2.68. The Kier molecular flexibility index (Phi) is 5.56. The van der Waals surface area contributed by atoms with Gasteiger partial charge in [-0.05, 0) is 69.5 Å². The molecule has 0 radical (unpaired) electrons. The molecule has 4 aliphatic rings. The monoisotopic (exact) mass is 449 g/mol. The Labute approximate surface area is 190 Å². The fourth-order valence-electron chi connectivity index (χ4n) is 7.22. The summed E-state index contributed by atoms with van der Waals surface area (Å²) < 4.78 is 20.7. The quantitative estimate of drug-likeness (QED) is 0.572. The van der Waals surface area contributed by atoms with Crippen molar-refractivity contribution in [2.75, 3.05) is 0 Å². The highest BCUT2D eigenvalue weighted by atomic mass is 28.4. The lowest BCUT2D eigenvalue weighted by Crippen LogP contribution is -2.64. The molecule has 1 saturated heterocycles. The van der Waals surface area contributed by atoms with Crippen LogP contribution in [0.25, 0.3) is 0 Å². The van der Waals surface area contributed by atoms with Crippen molar-refractivity contribution < 1.29 is 19.0 Å². The first-order valence-corrected chi connectivity index (χ1v) is 15.3. The molecule has 6 heteroatoms. The van der Waals surface area contributed by atoms with Gasteiger partial charge in [0.05, 0.1) is 24.2 Å². The second-order valence-electron chi connectivity index (χ2n) is 12.9. The van der Waals surface area contributed by atoms with Gasteiger partial charge in [0.1, 0.15) is 11.7 Å². The molecule has 1 aliphatic heterocycles. The van der Waals surface area contributed by atoms with Crippen LogP contribution in [0.4, 0.5) is 0 Å². The second-order valence-corrected chi connectivity index (χ2v) is 17.6. The Bertz CT molecular complexity index is 756. The SMILES string of the molecule is C[C@@H]1CC23CCCCC(C[C@H](C#N)[C@@H](O)[C@@]24OC(C)(C)O[C@@H]14)C3O[Si](C)(C)C(C)(C)C. The van der Waals surface area contributed by atoms with Crippen molar-refractivity contribution in [2.45, 2.75) is 128 Å². The second kappa shape index (κ2) is 7.27. The molecule has 4 rings (SSSR count). The summed E-state index contributed by atoms with van der Waals surface area (Å²) in [5, 5.41) is 22.1. The molecule has 31 heavy (non-hydrogen) atoms. The van der Waals surface area contributed by atoms with Crippen LogP contribution < -0.4 is 0 Å². The van der Waals surface area contributed by atoms with Gasteiger partial charge in [-0.2, -0.15) is 5.26 Å². The molecular weight excluding hydrogens is 406 g/mol. The third-order valence-corrected chi connectivity index (χ3v) is 13.9. The van der Waals surface area contributed by atoms with Crippen molar-refractivity contribution in [3.8, 4) is 6.07 Å². The number of hydrogen-bond acceptors (Lipinski definition) is 5. The minimum atomic E-state index is -2.09. The molecule has 3 aliphatic carbocycles. The van der Waals surface area contributed by atoms with Gasteiger partial charge in [0.15, 0.2) is 14.1 Å². The summed E-state index contributed by atoms with van der Waals surface area (Å²) in [6.45, 7) is 17.7.